The van der Waals surface area contributed by atoms with Gasteiger partial charge in [-0.2, -0.15) is 0 Å². The van der Waals surface area contributed by atoms with Crippen molar-refractivity contribution in [1.29, 1.82) is 0 Å². The lowest BCUT2D eigenvalue weighted by Gasteiger charge is -2.10. The number of hydrogen-bond acceptors (Lipinski definition) is 5. The second-order valence-electron chi connectivity index (χ2n) is 12.1. The zero-order valence-electron chi connectivity index (χ0n) is 25.6. The molecule has 0 unspecified atom stereocenters. The molecule has 0 aliphatic rings. The Morgan fingerprint density at radius 2 is 1.08 bits per heavy atom. The Morgan fingerprint density at radius 3 is 1.92 bits per heavy atom. The zero-order chi connectivity index (χ0) is 31.6. The number of furan rings is 2. The summed E-state index contributed by atoms with van der Waals surface area (Å²) in [6, 6.07) is 51.8. The van der Waals surface area contributed by atoms with Gasteiger partial charge in [0.15, 0.2) is 5.58 Å². The summed E-state index contributed by atoms with van der Waals surface area (Å²) >= 11 is 0. The summed E-state index contributed by atoms with van der Waals surface area (Å²) in [6.07, 6.45) is 0. The van der Waals surface area contributed by atoms with Gasteiger partial charge in [-0.1, -0.05) is 78.9 Å². The molecule has 3 aromatic heterocycles. The van der Waals surface area contributed by atoms with Crippen molar-refractivity contribution in [3.05, 3.63) is 152 Å². The van der Waals surface area contributed by atoms with Crippen LogP contribution in [-0.4, -0.2) is 4.98 Å². The lowest BCUT2D eigenvalue weighted by Crippen LogP contribution is -1.90. The molecule has 48 heavy (non-hydrogen) atoms. The second kappa shape index (κ2) is 10.5. The maximum absolute atomic E-state index is 6.32. The van der Waals surface area contributed by atoms with Crippen LogP contribution in [0.15, 0.2) is 165 Å². The van der Waals surface area contributed by atoms with Gasteiger partial charge < -0.3 is 18.6 Å². The number of aromatic nitrogens is 1. The lowest BCUT2D eigenvalue weighted by atomic mass is 9.99. The van der Waals surface area contributed by atoms with Crippen molar-refractivity contribution >= 4 is 66.4 Å². The SMILES string of the molecule is c1ccc(-c2nc3cc4c(cc3o2)oc2cc(-c3ccc(Nc5ccc(-c6cccc7oc8ccccc8c67)cc5)cc3)ccc24)cc1. The molecule has 0 amide bonds. The highest BCUT2D eigenvalue weighted by molar-refractivity contribution is 6.12. The molecule has 0 saturated carbocycles. The highest BCUT2D eigenvalue weighted by Crippen LogP contribution is 2.38. The van der Waals surface area contributed by atoms with Gasteiger partial charge in [0.25, 0.3) is 0 Å². The average Bonchev–Trinajstić information content (AvgIpc) is 3.84. The van der Waals surface area contributed by atoms with Crippen molar-refractivity contribution in [2.24, 2.45) is 0 Å². The van der Waals surface area contributed by atoms with Crippen LogP contribution < -0.4 is 5.32 Å². The summed E-state index contributed by atoms with van der Waals surface area (Å²) in [5.41, 5.74) is 12.5. The molecule has 5 nitrogen and oxygen atoms in total. The first-order valence-corrected chi connectivity index (χ1v) is 15.9. The molecule has 10 rings (SSSR count). The molecule has 7 aromatic carbocycles. The molecule has 1 N–H and O–H groups in total. The topological polar surface area (TPSA) is 64.3 Å². The molecule has 0 bridgehead atoms. The number of anilines is 2. The van der Waals surface area contributed by atoms with Crippen molar-refractivity contribution in [2.45, 2.75) is 0 Å². The van der Waals surface area contributed by atoms with Crippen molar-refractivity contribution in [1.82, 2.24) is 4.98 Å². The molecule has 226 valence electrons. The summed E-state index contributed by atoms with van der Waals surface area (Å²) in [7, 11) is 0. The predicted octanol–water partition coefficient (Wildman–Crippen LogP) is 12.4. The van der Waals surface area contributed by atoms with Gasteiger partial charge in [0, 0.05) is 44.5 Å². The zero-order valence-corrected chi connectivity index (χ0v) is 25.6. The molecule has 0 radical (unpaired) electrons. The third-order valence-electron chi connectivity index (χ3n) is 9.11. The van der Waals surface area contributed by atoms with E-state index in [0.29, 0.717) is 11.5 Å². The quantitative estimate of drug-likeness (QED) is 0.208. The van der Waals surface area contributed by atoms with E-state index in [9.17, 15) is 0 Å². The third kappa shape index (κ3) is 4.37. The van der Waals surface area contributed by atoms with E-state index in [1.807, 2.05) is 54.6 Å². The average molecular weight is 619 g/mol. The van der Waals surface area contributed by atoms with Crippen LogP contribution in [0.5, 0.6) is 0 Å². The van der Waals surface area contributed by atoms with E-state index in [1.165, 1.54) is 0 Å². The van der Waals surface area contributed by atoms with Crippen molar-refractivity contribution in [2.75, 3.05) is 5.32 Å². The van der Waals surface area contributed by atoms with Gasteiger partial charge in [0.2, 0.25) is 5.89 Å². The molecular weight excluding hydrogens is 592 g/mol. The maximum atomic E-state index is 6.32. The lowest BCUT2D eigenvalue weighted by molar-refractivity contribution is 0.617. The molecule has 0 aliphatic heterocycles. The van der Waals surface area contributed by atoms with Crippen LogP contribution in [0.25, 0.3) is 88.7 Å². The first-order valence-electron chi connectivity index (χ1n) is 15.9. The number of nitrogens with one attached hydrogen (secondary N) is 1. The van der Waals surface area contributed by atoms with Gasteiger partial charge in [-0.25, -0.2) is 4.98 Å². The van der Waals surface area contributed by atoms with Crippen molar-refractivity contribution < 1.29 is 13.3 Å². The highest BCUT2D eigenvalue weighted by atomic mass is 16.4. The highest BCUT2D eigenvalue weighted by Gasteiger charge is 2.15. The fraction of sp³-hybridized carbons (Fsp3) is 0. The van der Waals surface area contributed by atoms with Crippen molar-refractivity contribution in [3.8, 4) is 33.7 Å². The molecule has 0 aliphatic carbocycles. The maximum Gasteiger partial charge on any atom is 0.227 e. The standard InChI is InChI=1S/C43H26N2O3/c1-2-7-28(8-3-1)43-45-36-24-35-33-22-17-29(23-39(33)47-40(35)25-41(36)48-43)26-13-18-30(19-14-26)44-31-20-15-27(16-21-31)32-10-6-12-38-42(32)34-9-4-5-11-37(34)46-38/h1-25,44H. The molecule has 0 atom stereocenters. The summed E-state index contributed by atoms with van der Waals surface area (Å²) in [6.45, 7) is 0. The molecule has 0 fully saturated rings. The molecule has 0 saturated heterocycles. The van der Waals surface area contributed by atoms with Gasteiger partial charge in [-0.3, -0.25) is 0 Å². The number of rotatable bonds is 5. The van der Waals surface area contributed by atoms with Crippen LogP contribution in [0.1, 0.15) is 0 Å². The van der Waals surface area contributed by atoms with Gasteiger partial charge in [-0.05, 0) is 89.0 Å². The Labute approximate surface area is 274 Å². The van der Waals surface area contributed by atoms with Crippen LogP contribution in [0.2, 0.25) is 0 Å². The number of para-hydroxylation sites is 1. The predicted molar refractivity (Wildman–Crippen MR) is 195 cm³/mol. The second-order valence-corrected chi connectivity index (χ2v) is 12.1. The van der Waals surface area contributed by atoms with E-state index in [0.717, 1.165) is 88.6 Å². The molecule has 10 aromatic rings. The van der Waals surface area contributed by atoms with Crippen LogP contribution in [0, 0.1) is 0 Å². The van der Waals surface area contributed by atoms with E-state index in [-0.39, 0.29) is 0 Å². The monoisotopic (exact) mass is 618 g/mol. The van der Waals surface area contributed by atoms with E-state index in [2.05, 4.69) is 102 Å². The molecule has 0 spiro atoms. The summed E-state index contributed by atoms with van der Waals surface area (Å²) in [5, 5.41) is 7.91. The van der Waals surface area contributed by atoms with Crippen LogP contribution in [0.4, 0.5) is 11.4 Å². The number of oxazole rings is 1. The Hall–Kier alpha value is -6.59. The normalized spacial score (nSPS) is 11.8. The number of hydrogen-bond donors (Lipinski definition) is 1. The van der Waals surface area contributed by atoms with Gasteiger partial charge >= 0.3 is 0 Å². The Bertz CT molecular complexity index is 2790. The summed E-state index contributed by atoms with van der Waals surface area (Å²) in [4.78, 5) is 4.74. The largest absolute Gasteiger partial charge is 0.456 e. The number of nitrogens with zero attached hydrogens (tertiary/aromatic N) is 1. The van der Waals surface area contributed by atoms with E-state index >= 15 is 0 Å². The van der Waals surface area contributed by atoms with E-state index < -0.39 is 0 Å². The first-order chi connectivity index (χ1) is 23.7. The number of fused-ring (bicyclic) bond motifs is 7. The van der Waals surface area contributed by atoms with E-state index in [1.54, 1.807) is 0 Å². The smallest absolute Gasteiger partial charge is 0.227 e. The van der Waals surface area contributed by atoms with Gasteiger partial charge in [0.1, 0.15) is 27.8 Å². The summed E-state index contributed by atoms with van der Waals surface area (Å²) in [5.74, 6) is 0.608. The molecule has 3 heterocycles. The fourth-order valence-corrected chi connectivity index (χ4v) is 6.74. The van der Waals surface area contributed by atoms with Gasteiger partial charge in [0.05, 0.1) is 0 Å². The van der Waals surface area contributed by atoms with Crippen LogP contribution in [0.3, 0.4) is 0 Å². The Morgan fingerprint density at radius 1 is 0.396 bits per heavy atom. The third-order valence-corrected chi connectivity index (χ3v) is 9.11. The van der Waals surface area contributed by atoms with Crippen LogP contribution >= 0.6 is 0 Å². The van der Waals surface area contributed by atoms with Crippen molar-refractivity contribution in [3.63, 3.8) is 0 Å². The number of benzene rings is 7. The first kappa shape index (κ1) is 26.6. The van der Waals surface area contributed by atoms with Gasteiger partial charge in [-0.15, -0.1) is 0 Å². The minimum Gasteiger partial charge on any atom is -0.456 e. The fourth-order valence-electron chi connectivity index (χ4n) is 6.74. The Balaban J connectivity index is 0.900. The minimum atomic E-state index is 0.608. The molecule has 5 heteroatoms. The Kier molecular flexibility index (Phi) is 5.81. The summed E-state index contributed by atoms with van der Waals surface area (Å²) < 4.78 is 18.5. The van der Waals surface area contributed by atoms with E-state index in [4.69, 9.17) is 18.2 Å². The van der Waals surface area contributed by atoms with Crippen LogP contribution in [-0.2, 0) is 0 Å². The molecular formula is C43H26N2O3. The minimum absolute atomic E-state index is 0.608.